The Balaban J connectivity index is 2.06. The summed E-state index contributed by atoms with van der Waals surface area (Å²) in [5, 5.41) is 2.90. The minimum absolute atomic E-state index is 0.143. The number of rotatable bonds is 6. The molecule has 2 aromatic rings. The number of carbonyl (C=O) groups is 1. The number of fused-ring (bicyclic) bond motifs is 1. The van der Waals surface area contributed by atoms with Gasteiger partial charge in [-0.1, -0.05) is 13.8 Å². The lowest BCUT2D eigenvalue weighted by atomic mass is 10.1. The Morgan fingerprint density at radius 1 is 1.38 bits per heavy atom. The number of nitrogens with zero attached hydrogens (tertiary/aromatic N) is 4. The molecule has 0 aromatic carbocycles. The van der Waals surface area contributed by atoms with Gasteiger partial charge in [0.05, 0.1) is 17.4 Å². The number of hydrogen-bond donors (Lipinski definition) is 1. The smallest absolute Gasteiger partial charge is 0.272 e. The highest BCUT2D eigenvalue weighted by Gasteiger charge is 2.14. The minimum Gasteiger partial charge on any atom is -0.351 e. The molecule has 1 N–H and O–H groups in total. The average molecular weight is 289 g/mol. The molecule has 0 fully saturated rings. The van der Waals surface area contributed by atoms with E-state index in [0.717, 1.165) is 24.2 Å². The maximum Gasteiger partial charge on any atom is 0.272 e. The van der Waals surface area contributed by atoms with Crippen LogP contribution in [0.1, 0.15) is 42.4 Å². The second-order valence-corrected chi connectivity index (χ2v) is 5.77. The lowest BCUT2D eigenvalue weighted by molar-refractivity contribution is 0.0949. The third kappa shape index (κ3) is 3.78. The Morgan fingerprint density at radius 2 is 2.14 bits per heavy atom. The molecule has 2 rings (SSSR count). The third-order valence-electron chi connectivity index (χ3n) is 3.31. The lowest BCUT2D eigenvalue weighted by Crippen LogP contribution is -2.27. The van der Waals surface area contributed by atoms with Gasteiger partial charge in [0.2, 0.25) is 0 Å². The number of aromatic nitrogens is 3. The van der Waals surface area contributed by atoms with Crippen LogP contribution in [0.5, 0.6) is 0 Å². The van der Waals surface area contributed by atoms with E-state index in [4.69, 9.17) is 0 Å². The molecule has 0 atom stereocenters. The highest BCUT2D eigenvalue weighted by Crippen LogP contribution is 2.14. The van der Waals surface area contributed by atoms with Gasteiger partial charge < -0.3 is 14.6 Å². The average Bonchev–Trinajstić information content (AvgIpc) is 2.86. The van der Waals surface area contributed by atoms with Gasteiger partial charge in [-0.05, 0) is 33.0 Å². The van der Waals surface area contributed by atoms with E-state index in [1.54, 1.807) is 12.5 Å². The van der Waals surface area contributed by atoms with Gasteiger partial charge in [-0.15, -0.1) is 0 Å². The van der Waals surface area contributed by atoms with Crippen LogP contribution in [0.4, 0.5) is 0 Å². The number of nitrogens with one attached hydrogen (secondary N) is 1. The molecule has 0 radical (unpaired) electrons. The molecule has 0 aliphatic rings. The normalized spacial score (nSPS) is 11.5. The molecule has 0 saturated carbocycles. The Labute approximate surface area is 125 Å². The first-order valence-corrected chi connectivity index (χ1v) is 7.24. The highest BCUT2D eigenvalue weighted by atomic mass is 16.1. The maximum absolute atomic E-state index is 12.2. The van der Waals surface area contributed by atoms with Crippen LogP contribution >= 0.6 is 0 Å². The molecule has 0 aliphatic carbocycles. The highest BCUT2D eigenvalue weighted by molar-refractivity contribution is 5.98. The van der Waals surface area contributed by atoms with Gasteiger partial charge in [-0.3, -0.25) is 9.78 Å². The van der Waals surface area contributed by atoms with Crippen molar-refractivity contribution in [2.24, 2.45) is 0 Å². The molecule has 6 nitrogen and oxygen atoms in total. The van der Waals surface area contributed by atoms with E-state index in [1.807, 2.05) is 24.7 Å². The molecule has 0 spiro atoms. The predicted molar refractivity (Wildman–Crippen MR) is 82.6 cm³/mol. The van der Waals surface area contributed by atoms with Crippen LogP contribution in [0.15, 0.2) is 18.7 Å². The van der Waals surface area contributed by atoms with Crippen molar-refractivity contribution < 1.29 is 4.79 Å². The van der Waals surface area contributed by atoms with Crippen molar-refractivity contribution in [2.75, 3.05) is 27.2 Å². The second kappa shape index (κ2) is 6.67. The maximum atomic E-state index is 12.2. The molecule has 1 amide bonds. The molecule has 0 unspecified atom stereocenters. The van der Waals surface area contributed by atoms with Gasteiger partial charge in [0, 0.05) is 12.7 Å². The SMILES string of the molecule is CC(C)c1cn2cnc(C(=O)NCCCN(C)C)c2cn1. The summed E-state index contributed by atoms with van der Waals surface area (Å²) >= 11 is 0. The summed E-state index contributed by atoms with van der Waals surface area (Å²) in [5.74, 6) is 0.204. The number of hydrogen-bond acceptors (Lipinski definition) is 4. The van der Waals surface area contributed by atoms with Crippen LogP contribution in [0, 0.1) is 0 Å². The summed E-state index contributed by atoms with van der Waals surface area (Å²) in [7, 11) is 4.03. The molecule has 0 aliphatic heterocycles. The molecule has 0 saturated heterocycles. The van der Waals surface area contributed by atoms with Crippen LogP contribution in [0.3, 0.4) is 0 Å². The fourth-order valence-corrected chi connectivity index (χ4v) is 2.07. The lowest BCUT2D eigenvalue weighted by Gasteiger charge is -2.09. The van der Waals surface area contributed by atoms with Crippen molar-refractivity contribution in [2.45, 2.75) is 26.2 Å². The van der Waals surface area contributed by atoms with Crippen molar-refractivity contribution >= 4 is 11.4 Å². The van der Waals surface area contributed by atoms with Crippen LogP contribution in [0.2, 0.25) is 0 Å². The summed E-state index contributed by atoms with van der Waals surface area (Å²) in [6.45, 7) is 5.77. The molecule has 0 bridgehead atoms. The topological polar surface area (TPSA) is 62.5 Å². The summed E-state index contributed by atoms with van der Waals surface area (Å²) in [6, 6.07) is 0. The fraction of sp³-hybridized carbons (Fsp3) is 0.533. The van der Waals surface area contributed by atoms with Gasteiger partial charge in [0.15, 0.2) is 5.69 Å². The minimum atomic E-state index is -0.143. The number of amides is 1. The van der Waals surface area contributed by atoms with E-state index >= 15 is 0 Å². The summed E-state index contributed by atoms with van der Waals surface area (Å²) in [6.07, 6.45) is 6.23. The molecule has 114 valence electrons. The summed E-state index contributed by atoms with van der Waals surface area (Å²) in [4.78, 5) is 22.9. The van der Waals surface area contributed by atoms with E-state index in [9.17, 15) is 4.79 Å². The van der Waals surface area contributed by atoms with E-state index in [-0.39, 0.29) is 5.91 Å². The van der Waals surface area contributed by atoms with Gasteiger partial charge in [-0.2, -0.15) is 0 Å². The van der Waals surface area contributed by atoms with E-state index in [2.05, 4.69) is 34.0 Å². The van der Waals surface area contributed by atoms with Crippen molar-refractivity contribution in [1.29, 1.82) is 0 Å². The van der Waals surface area contributed by atoms with Crippen molar-refractivity contribution in [1.82, 2.24) is 24.6 Å². The quantitative estimate of drug-likeness (QED) is 0.819. The Bertz CT molecular complexity index is 618. The van der Waals surface area contributed by atoms with Gasteiger partial charge in [0.25, 0.3) is 5.91 Å². The first kappa shape index (κ1) is 15.4. The monoisotopic (exact) mass is 289 g/mol. The van der Waals surface area contributed by atoms with Crippen LogP contribution in [0.25, 0.3) is 5.52 Å². The van der Waals surface area contributed by atoms with Gasteiger partial charge in [0.1, 0.15) is 6.33 Å². The van der Waals surface area contributed by atoms with Crippen LogP contribution in [-0.2, 0) is 0 Å². The predicted octanol–water partition coefficient (Wildman–Crippen LogP) is 1.53. The van der Waals surface area contributed by atoms with Crippen molar-refractivity contribution in [3.63, 3.8) is 0 Å². The Hall–Kier alpha value is -1.95. The molecule has 21 heavy (non-hydrogen) atoms. The molecule has 2 heterocycles. The molecular weight excluding hydrogens is 266 g/mol. The first-order chi connectivity index (χ1) is 9.99. The van der Waals surface area contributed by atoms with Crippen LogP contribution < -0.4 is 5.32 Å². The Kier molecular flexibility index (Phi) is 4.90. The zero-order valence-corrected chi connectivity index (χ0v) is 13.1. The van der Waals surface area contributed by atoms with Crippen molar-refractivity contribution in [3.05, 3.63) is 30.1 Å². The largest absolute Gasteiger partial charge is 0.351 e. The van der Waals surface area contributed by atoms with Crippen LogP contribution in [-0.4, -0.2) is 52.4 Å². The second-order valence-electron chi connectivity index (χ2n) is 5.77. The molecule has 6 heteroatoms. The van der Waals surface area contributed by atoms with Gasteiger partial charge >= 0.3 is 0 Å². The van der Waals surface area contributed by atoms with Gasteiger partial charge in [-0.25, -0.2) is 4.98 Å². The first-order valence-electron chi connectivity index (χ1n) is 7.24. The Morgan fingerprint density at radius 3 is 2.81 bits per heavy atom. The fourth-order valence-electron chi connectivity index (χ4n) is 2.07. The van der Waals surface area contributed by atoms with E-state index < -0.39 is 0 Å². The molecular formula is C15H23N5O. The van der Waals surface area contributed by atoms with Crippen molar-refractivity contribution in [3.8, 4) is 0 Å². The van der Waals surface area contributed by atoms with E-state index in [0.29, 0.717) is 18.2 Å². The standard InChI is InChI=1S/C15H23N5O/c1-11(2)12-9-20-10-18-14(13(20)8-17-12)15(21)16-6-5-7-19(3)4/h8-11H,5-7H2,1-4H3,(H,16,21). The summed E-state index contributed by atoms with van der Waals surface area (Å²) in [5.41, 5.74) is 2.16. The zero-order valence-electron chi connectivity index (χ0n) is 13.1. The molecule has 2 aromatic heterocycles. The van der Waals surface area contributed by atoms with E-state index in [1.165, 1.54) is 0 Å². The number of imidazole rings is 1. The number of carbonyl (C=O) groups excluding carboxylic acids is 1. The third-order valence-corrected chi connectivity index (χ3v) is 3.31. The zero-order chi connectivity index (χ0) is 15.4. The summed E-state index contributed by atoms with van der Waals surface area (Å²) < 4.78 is 1.86.